The number of rotatable bonds is 6. The van der Waals surface area contributed by atoms with Crippen LogP contribution in [0.15, 0.2) is 0 Å². The highest BCUT2D eigenvalue weighted by atomic mass is 31.2. The molecular formula is C8H19O4P. The van der Waals surface area contributed by atoms with Gasteiger partial charge in [-0.2, -0.15) is 0 Å². The Kier molecular flexibility index (Phi) is 5.81. The molecule has 2 N–H and O–H groups in total. The van der Waals surface area contributed by atoms with E-state index in [1.54, 1.807) is 0 Å². The minimum Gasteiger partial charge on any atom is -0.303 e. The largest absolute Gasteiger partial charge is 0.469 e. The lowest BCUT2D eigenvalue weighted by Crippen LogP contribution is -2.13. The van der Waals surface area contributed by atoms with Crippen LogP contribution in [-0.4, -0.2) is 16.4 Å². The molecule has 2 unspecified atom stereocenters. The molecule has 0 saturated heterocycles. The minimum absolute atomic E-state index is 0.130. The topological polar surface area (TPSA) is 66.8 Å². The van der Waals surface area contributed by atoms with E-state index >= 15 is 0 Å². The van der Waals surface area contributed by atoms with Crippen molar-refractivity contribution in [3.8, 4) is 0 Å². The highest BCUT2D eigenvalue weighted by molar-refractivity contribution is 7.46. The van der Waals surface area contributed by atoms with Crippen molar-refractivity contribution >= 4 is 7.82 Å². The molecule has 0 aliphatic heterocycles. The van der Waals surface area contributed by atoms with Gasteiger partial charge in [-0.05, 0) is 11.8 Å². The highest BCUT2D eigenvalue weighted by Gasteiger charge is 2.18. The highest BCUT2D eigenvalue weighted by Crippen LogP contribution is 2.37. The Bertz CT molecular complexity index is 177. The predicted molar refractivity (Wildman–Crippen MR) is 51.2 cm³/mol. The van der Waals surface area contributed by atoms with Gasteiger partial charge in [-0.3, -0.25) is 4.52 Å². The lowest BCUT2D eigenvalue weighted by molar-refractivity contribution is 0.150. The summed E-state index contributed by atoms with van der Waals surface area (Å²) >= 11 is 0. The Balaban J connectivity index is 3.73. The van der Waals surface area contributed by atoms with Gasteiger partial charge in [0.25, 0.3) is 0 Å². The molecule has 2 atom stereocenters. The fourth-order valence-electron chi connectivity index (χ4n) is 1.12. The van der Waals surface area contributed by atoms with Crippen LogP contribution in [0.5, 0.6) is 0 Å². The van der Waals surface area contributed by atoms with Gasteiger partial charge < -0.3 is 9.79 Å². The van der Waals surface area contributed by atoms with E-state index in [0.717, 1.165) is 12.8 Å². The standard InChI is InChI=1S/C8H19O4P/c1-4-5-7(2)8(3)6-12-13(9,10)11/h7-8H,4-6H2,1-3H3,(H2,9,10,11). The molecule has 0 rings (SSSR count). The Labute approximate surface area is 79.5 Å². The van der Waals surface area contributed by atoms with E-state index in [2.05, 4.69) is 18.4 Å². The SMILES string of the molecule is CCCC(C)C(C)COP(=O)(O)O. The second kappa shape index (κ2) is 5.76. The summed E-state index contributed by atoms with van der Waals surface area (Å²) in [6, 6.07) is 0. The van der Waals surface area contributed by atoms with Crippen LogP contribution in [0, 0.1) is 11.8 Å². The van der Waals surface area contributed by atoms with E-state index < -0.39 is 7.82 Å². The molecule has 0 aromatic heterocycles. The first kappa shape index (κ1) is 13.1. The normalized spacial score (nSPS) is 17.0. The molecule has 13 heavy (non-hydrogen) atoms. The Morgan fingerprint density at radius 1 is 1.31 bits per heavy atom. The van der Waals surface area contributed by atoms with Gasteiger partial charge in [-0.1, -0.05) is 33.6 Å². The summed E-state index contributed by atoms with van der Waals surface area (Å²) in [5.41, 5.74) is 0. The van der Waals surface area contributed by atoms with E-state index in [-0.39, 0.29) is 12.5 Å². The van der Waals surface area contributed by atoms with Gasteiger partial charge in [0.05, 0.1) is 6.61 Å². The van der Waals surface area contributed by atoms with Crippen LogP contribution in [0.1, 0.15) is 33.6 Å². The molecule has 4 nitrogen and oxygen atoms in total. The number of phosphoric ester groups is 1. The van der Waals surface area contributed by atoms with E-state index in [0.29, 0.717) is 5.92 Å². The average Bonchev–Trinajstić information content (AvgIpc) is 1.99. The van der Waals surface area contributed by atoms with Crippen molar-refractivity contribution in [1.82, 2.24) is 0 Å². The molecule has 0 bridgehead atoms. The van der Waals surface area contributed by atoms with Gasteiger partial charge in [0.1, 0.15) is 0 Å². The molecule has 0 heterocycles. The second-order valence-electron chi connectivity index (χ2n) is 3.53. The molecule has 0 aromatic carbocycles. The second-order valence-corrected chi connectivity index (χ2v) is 4.77. The van der Waals surface area contributed by atoms with Gasteiger partial charge in [-0.15, -0.1) is 0 Å². The van der Waals surface area contributed by atoms with Crippen LogP contribution in [0.4, 0.5) is 0 Å². The summed E-state index contributed by atoms with van der Waals surface area (Å²) in [6.45, 7) is 6.23. The maximum absolute atomic E-state index is 10.4. The van der Waals surface area contributed by atoms with Crippen molar-refractivity contribution in [3.63, 3.8) is 0 Å². The van der Waals surface area contributed by atoms with Gasteiger partial charge >= 0.3 is 7.82 Å². The molecule has 0 fully saturated rings. The van der Waals surface area contributed by atoms with Crippen LogP contribution < -0.4 is 0 Å². The van der Waals surface area contributed by atoms with Crippen molar-refractivity contribution in [2.75, 3.05) is 6.61 Å². The third-order valence-corrected chi connectivity index (χ3v) is 2.71. The third-order valence-electron chi connectivity index (χ3n) is 2.22. The van der Waals surface area contributed by atoms with Crippen LogP contribution in [0.25, 0.3) is 0 Å². The Morgan fingerprint density at radius 2 is 1.85 bits per heavy atom. The first-order valence-electron chi connectivity index (χ1n) is 4.57. The monoisotopic (exact) mass is 210 g/mol. The van der Waals surface area contributed by atoms with Crippen molar-refractivity contribution in [2.24, 2.45) is 11.8 Å². The molecule has 0 aliphatic rings. The lowest BCUT2D eigenvalue weighted by Gasteiger charge is -2.19. The van der Waals surface area contributed by atoms with Crippen molar-refractivity contribution in [1.29, 1.82) is 0 Å². The summed E-state index contributed by atoms with van der Waals surface area (Å²) in [7, 11) is -4.28. The van der Waals surface area contributed by atoms with E-state index in [1.165, 1.54) is 0 Å². The maximum Gasteiger partial charge on any atom is 0.469 e. The van der Waals surface area contributed by atoms with Gasteiger partial charge in [0, 0.05) is 0 Å². The van der Waals surface area contributed by atoms with Gasteiger partial charge in [-0.25, -0.2) is 4.57 Å². The fourth-order valence-corrected chi connectivity index (χ4v) is 1.55. The van der Waals surface area contributed by atoms with Gasteiger partial charge in [0.15, 0.2) is 0 Å². The molecular weight excluding hydrogens is 191 g/mol. The molecule has 0 radical (unpaired) electrons. The molecule has 5 heteroatoms. The molecule has 0 amide bonds. The van der Waals surface area contributed by atoms with Crippen LogP contribution >= 0.6 is 7.82 Å². The molecule has 0 aromatic rings. The number of phosphoric acid groups is 1. The molecule has 80 valence electrons. The average molecular weight is 210 g/mol. The van der Waals surface area contributed by atoms with Crippen molar-refractivity contribution in [3.05, 3.63) is 0 Å². The van der Waals surface area contributed by atoms with Crippen molar-refractivity contribution < 1.29 is 18.9 Å². The molecule has 0 saturated carbocycles. The quantitative estimate of drug-likeness (QED) is 0.659. The van der Waals surface area contributed by atoms with E-state index in [4.69, 9.17) is 9.79 Å². The zero-order chi connectivity index (χ0) is 10.5. The molecule has 0 aliphatic carbocycles. The van der Waals surface area contributed by atoms with E-state index in [9.17, 15) is 4.57 Å². The smallest absolute Gasteiger partial charge is 0.303 e. The zero-order valence-corrected chi connectivity index (χ0v) is 9.33. The van der Waals surface area contributed by atoms with Crippen LogP contribution in [0.3, 0.4) is 0 Å². The zero-order valence-electron chi connectivity index (χ0n) is 8.43. The van der Waals surface area contributed by atoms with Crippen LogP contribution in [-0.2, 0) is 9.09 Å². The summed E-state index contributed by atoms with van der Waals surface area (Å²) < 4.78 is 14.8. The Morgan fingerprint density at radius 3 is 2.23 bits per heavy atom. The minimum atomic E-state index is -4.28. The molecule has 0 spiro atoms. The third kappa shape index (κ3) is 7.20. The lowest BCUT2D eigenvalue weighted by atomic mass is 9.93. The van der Waals surface area contributed by atoms with Gasteiger partial charge in [0.2, 0.25) is 0 Å². The Hall–Kier alpha value is 0.110. The first-order chi connectivity index (χ1) is 5.87. The van der Waals surface area contributed by atoms with Crippen LogP contribution in [0.2, 0.25) is 0 Å². The summed E-state index contributed by atoms with van der Waals surface area (Å²) in [6.07, 6.45) is 2.15. The van der Waals surface area contributed by atoms with E-state index in [1.807, 2.05) is 6.92 Å². The maximum atomic E-state index is 10.4. The predicted octanol–water partition coefficient (Wildman–Crippen LogP) is 2.17. The summed E-state index contributed by atoms with van der Waals surface area (Å²) in [4.78, 5) is 16.9. The number of hydrogen-bond donors (Lipinski definition) is 2. The summed E-state index contributed by atoms with van der Waals surface area (Å²) in [5, 5.41) is 0. The summed E-state index contributed by atoms with van der Waals surface area (Å²) in [5.74, 6) is 0.629. The fraction of sp³-hybridized carbons (Fsp3) is 1.00. The number of hydrogen-bond acceptors (Lipinski definition) is 2. The van der Waals surface area contributed by atoms with Crippen molar-refractivity contribution in [2.45, 2.75) is 33.6 Å². The first-order valence-corrected chi connectivity index (χ1v) is 6.10.